The fourth-order valence-electron chi connectivity index (χ4n) is 16.3. The molecule has 0 saturated carbocycles. The van der Waals surface area contributed by atoms with E-state index in [9.17, 15) is 0 Å². The maximum atomic E-state index is 5.33. The number of nitrogens with zero attached hydrogens (tertiary/aromatic N) is 8. The van der Waals surface area contributed by atoms with Crippen LogP contribution in [0.1, 0.15) is 0 Å². The van der Waals surface area contributed by atoms with Gasteiger partial charge in [0.25, 0.3) is 0 Å². The van der Waals surface area contributed by atoms with Crippen LogP contribution in [0.15, 0.2) is 389 Å². The van der Waals surface area contributed by atoms with E-state index < -0.39 is 0 Å². The van der Waals surface area contributed by atoms with E-state index in [1.54, 1.807) is 0 Å². The SMILES string of the molecule is c1ccc(-c2ccc(-c3nc(-c4ccc(-n5c6ccccc6c6cc7c(ccn7-c7ccccc7)cc65)cc4)nc4ccccc34)c3ccccc23)cc1.c1ccc(-c2ccc3cc(-c4nc(-c5ccc(-n6c7ccccc7c7cc8c(ccn8-c8ccccc8)cc76)cc5)nc5ccccc45)ccc3c2)cc1. The smallest absolute Gasteiger partial charge is 0.160 e. The molecule has 22 rings (SSSR count). The van der Waals surface area contributed by atoms with Crippen LogP contribution in [0, 0.1) is 0 Å². The van der Waals surface area contributed by atoms with Gasteiger partial charge in [-0.15, -0.1) is 0 Å². The Kier molecular flexibility index (Phi) is 14.7. The summed E-state index contributed by atoms with van der Waals surface area (Å²) >= 11 is 0. The average Bonchev–Trinajstić information content (AvgIpc) is 1.56. The lowest BCUT2D eigenvalue weighted by atomic mass is 9.93. The highest BCUT2D eigenvalue weighted by atomic mass is 15.0. The fourth-order valence-corrected chi connectivity index (χ4v) is 16.3. The van der Waals surface area contributed by atoms with E-state index in [4.69, 9.17) is 19.9 Å². The van der Waals surface area contributed by atoms with Crippen LogP contribution < -0.4 is 0 Å². The lowest BCUT2D eigenvalue weighted by molar-refractivity contribution is 1.13. The summed E-state index contributed by atoms with van der Waals surface area (Å²) in [5, 5.41) is 14.2. The predicted molar refractivity (Wildman–Crippen MR) is 449 cm³/mol. The van der Waals surface area contributed by atoms with Crippen molar-refractivity contribution in [3.8, 4) is 90.3 Å². The first kappa shape index (κ1) is 62.0. The van der Waals surface area contributed by atoms with Crippen molar-refractivity contribution in [3.05, 3.63) is 389 Å². The third-order valence-corrected chi connectivity index (χ3v) is 21.5. The maximum Gasteiger partial charge on any atom is 0.160 e. The lowest BCUT2D eigenvalue weighted by Crippen LogP contribution is -1.97. The van der Waals surface area contributed by atoms with E-state index in [-0.39, 0.29) is 0 Å². The Morgan fingerprint density at radius 3 is 1.09 bits per heavy atom. The number of hydrogen-bond acceptors (Lipinski definition) is 4. The number of benzene rings is 16. The largest absolute Gasteiger partial charge is 0.317 e. The normalized spacial score (nSPS) is 11.7. The summed E-state index contributed by atoms with van der Waals surface area (Å²) in [4.78, 5) is 20.8. The molecular formula is C100H64N8. The minimum atomic E-state index is 0.706. The van der Waals surface area contributed by atoms with E-state index >= 15 is 0 Å². The molecule has 0 aliphatic carbocycles. The second kappa shape index (κ2) is 25.7. The van der Waals surface area contributed by atoms with Gasteiger partial charge >= 0.3 is 0 Å². The summed E-state index contributed by atoms with van der Waals surface area (Å²) in [6.07, 6.45) is 4.33. The van der Waals surface area contributed by atoms with Gasteiger partial charge in [-0.2, -0.15) is 0 Å². The van der Waals surface area contributed by atoms with Crippen molar-refractivity contribution < 1.29 is 0 Å². The van der Waals surface area contributed by atoms with E-state index in [0.717, 1.165) is 78.2 Å². The zero-order valence-corrected chi connectivity index (χ0v) is 58.5. The van der Waals surface area contributed by atoms with Crippen molar-refractivity contribution in [2.75, 3.05) is 0 Å². The quantitative estimate of drug-likeness (QED) is 0.137. The van der Waals surface area contributed by atoms with Crippen LogP contribution >= 0.6 is 0 Å². The van der Waals surface area contributed by atoms with E-state index in [2.05, 4.69) is 401 Å². The first-order valence-electron chi connectivity index (χ1n) is 36.7. The molecule has 0 aliphatic heterocycles. The third kappa shape index (κ3) is 10.6. The number of para-hydroxylation sites is 6. The van der Waals surface area contributed by atoms with Crippen molar-refractivity contribution in [2.45, 2.75) is 0 Å². The van der Waals surface area contributed by atoms with Gasteiger partial charge in [0.1, 0.15) is 0 Å². The molecule has 8 heteroatoms. The van der Waals surface area contributed by atoms with Gasteiger partial charge in [-0.25, -0.2) is 19.9 Å². The number of fused-ring (bicyclic) bond motifs is 12. The van der Waals surface area contributed by atoms with Crippen molar-refractivity contribution in [2.24, 2.45) is 0 Å². The Morgan fingerprint density at radius 2 is 0.574 bits per heavy atom. The van der Waals surface area contributed by atoms with Gasteiger partial charge in [0.15, 0.2) is 11.6 Å². The highest BCUT2D eigenvalue weighted by molar-refractivity contribution is 6.15. The van der Waals surface area contributed by atoms with Crippen molar-refractivity contribution >= 4 is 109 Å². The first-order chi connectivity index (χ1) is 53.5. The zero-order valence-electron chi connectivity index (χ0n) is 58.5. The molecule has 108 heavy (non-hydrogen) atoms. The summed E-state index contributed by atoms with van der Waals surface area (Å²) in [6.45, 7) is 0. The standard InChI is InChI=1S/2C50H32N4/c1-3-11-33(12-4-1)35-19-20-37-30-39(22-21-36(37)29-35)49-43-16-7-9-17-45(43)51-50(52-49)34-23-25-41(26-24-34)54-46-18-10-8-15-42(46)44-32-47-38(31-48(44)54)27-28-53(47)40-13-5-2-6-14-40;1-3-13-33(14-4-1)38-27-28-42(40-18-8-7-17-39(38)40)49-43-20-9-11-21-45(43)51-50(52-49)34-23-25-37(26-24-34)54-46-22-12-10-19-41(46)44-32-47-35(31-48(44)54)29-30-53(47)36-15-5-2-6-16-36/h2*1-32H. The summed E-state index contributed by atoms with van der Waals surface area (Å²) in [5.41, 5.74) is 24.3. The highest BCUT2D eigenvalue weighted by Crippen LogP contribution is 2.42. The Morgan fingerprint density at radius 1 is 0.185 bits per heavy atom. The van der Waals surface area contributed by atoms with Crippen LogP contribution in [0.5, 0.6) is 0 Å². The molecule has 22 aromatic rings. The van der Waals surface area contributed by atoms with Gasteiger partial charge in [0.05, 0.1) is 55.5 Å². The van der Waals surface area contributed by atoms with Gasteiger partial charge in [0, 0.05) is 100 Å². The van der Waals surface area contributed by atoms with Gasteiger partial charge in [0.2, 0.25) is 0 Å². The molecule has 0 radical (unpaired) electrons. The van der Waals surface area contributed by atoms with Crippen molar-refractivity contribution in [1.82, 2.24) is 38.2 Å². The average molecular weight is 1380 g/mol. The molecule has 0 bridgehead atoms. The van der Waals surface area contributed by atoms with Crippen molar-refractivity contribution in [1.29, 1.82) is 0 Å². The highest BCUT2D eigenvalue weighted by Gasteiger charge is 2.21. The Balaban J connectivity index is 0.000000138. The van der Waals surface area contributed by atoms with Crippen molar-refractivity contribution in [3.63, 3.8) is 0 Å². The Hall–Kier alpha value is -14.6. The summed E-state index contributed by atoms with van der Waals surface area (Å²) in [5.74, 6) is 1.42. The zero-order chi connectivity index (χ0) is 71.2. The van der Waals surface area contributed by atoms with Gasteiger partial charge in [-0.3, -0.25) is 0 Å². The minimum absolute atomic E-state index is 0.706. The summed E-state index contributed by atoms with van der Waals surface area (Å²) in [7, 11) is 0. The summed E-state index contributed by atoms with van der Waals surface area (Å²) in [6, 6.07) is 134. The molecular weight excluding hydrogens is 1310 g/mol. The number of aromatic nitrogens is 8. The molecule has 6 heterocycles. The molecule has 0 N–H and O–H groups in total. The van der Waals surface area contributed by atoms with E-state index in [1.165, 1.54) is 109 Å². The molecule has 6 aromatic heterocycles. The molecule has 0 aliphatic rings. The molecule has 0 atom stereocenters. The number of hydrogen-bond donors (Lipinski definition) is 0. The van der Waals surface area contributed by atoms with Crippen LogP contribution in [-0.4, -0.2) is 38.2 Å². The molecule has 0 unspecified atom stereocenters. The second-order valence-corrected chi connectivity index (χ2v) is 27.7. The van der Waals surface area contributed by atoms with E-state index in [0.29, 0.717) is 11.6 Å². The molecule has 0 saturated heterocycles. The fraction of sp³-hybridized carbons (Fsp3) is 0. The monoisotopic (exact) mass is 1380 g/mol. The second-order valence-electron chi connectivity index (χ2n) is 27.7. The molecule has 0 spiro atoms. The molecule has 504 valence electrons. The maximum absolute atomic E-state index is 5.33. The third-order valence-electron chi connectivity index (χ3n) is 21.5. The minimum Gasteiger partial charge on any atom is -0.317 e. The molecule has 0 fully saturated rings. The topological polar surface area (TPSA) is 71.3 Å². The molecule has 8 nitrogen and oxygen atoms in total. The van der Waals surface area contributed by atoms with Crippen LogP contribution in [0.3, 0.4) is 0 Å². The number of rotatable bonds is 10. The first-order valence-corrected chi connectivity index (χ1v) is 36.7. The Bertz CT molecular complexity index is 7260. The predicted octanol–water partition coefficient (Wildman–Crippen LogP) is 25.7. The Labute approximate surface area is 621 Å². The van der Waals surface area contributed by atoms with Crippen LogP contribution in [0.2, 0.25) is 0 Å². The van der Waals surface area contributed by atoms with Gasteiger partial charge in [-0.05, 0) is 189 Å². The molecule has 16 aromatic carbocycles. The van der Waals surface area contributed by atoms with E-state index in [1.807, 2.05) is 6.07 Å². The van der Waals surface area contributed by atoms with Gasteiger partial charge < -0.3 is 18.3 Å². The molecule has 0 amide bonds. The van der Waals surface area contributed by atoms with Crippen LogP contribution in [0.25, 0.3) is 199 Å². The van der Waals surface area contributed by atoms with Crippen LogP contribution in [0.4, 0.5) is 0 Å². The van der Waals surface area contributed by atoms with Crippen LogP contribution in [-0.2, 0) is 0 Å². The summed E-state index contributed by atoms with van der Waals surface area (Å²) < 4.78 is 9.29. The van der Waals surface area contributed by atoms with Gasteiger partial charge in [-0.1, -0.05) is 231 Å². The lowest BCUT2D eigenvalue weighted by Gasteiger charge is -2.14.